The van der Waals surface area contributed by atoms with E-state index in [1.54, 1.807) is 15.9 Å². The Hall–Kier alpha value is -1.92. The van der Waals surface area contributed by atoms with Gasteiger partial charge >= 0.3 is 0 Å². The summed E-state index contributed by atoms with van der Waals surface area (Å²) in [5.74, 6) is 1.59. The molecule has 4 rings (SSSR count). The van der Waals surface area contributed by atoms with Crippen molar-refractivity contribution in [3.05, 3.63) is 46.1 Å². The van der Waals surface area contributed by atoms with Crippen LogP contribution in [-0.2, 0) is 0 Å². The van der Waals surface area contributed by atoms with E-state index in [4.69, 9.17) is 0 Å². The van der Waals surface area contributed by atoms with Gasteiger partial charge in [0.15, 0.2) is 0 Å². The average molecular weight is 356 g/mol. The fourth-order valence-corrected chi connectivity index (χ4v) is 5.02. The van der Waals surface area contributed by atoms with Crippen LogP contribution < -0.4 is 0 Å². The molecule has 1 N–H and O–H groups in total. The van der Waals surface area contributed by atoms with Crippen molar-refractivity contribution in [3.63, 3.8) is 0 Å². The van der Waals surface area contributed by atoms with Gasteiger partial charge in [0.05, 0.1) is 10.9 Å². The van der Waals surface area contributed by atoms with Crippen LogP contribution >= 0.6 is 11.3 Å². The van der Waals surface area contributed by atoms with Gasteiger partial charge in [-0.2, -0.15) is 4.52 Å². The highest BCUT2D eigenvalue weighted by Crippen LogP contribution is 2.41. The molecule has 1 fully saturated rings. The Kier molecular flexibility index (Phi) is 4.25. The minimum absolute atomic E-state index is 0.0523. The van der Waals surface area contributed by atoms with Gasteiger partial charge in [0.25, 0.3) is 0 Å². The molecule has 0 saturated carbocycles. The van der Waals surface area contributed by atoms with Crippen LogP contribution in [0.5, 0.6) is 5.88 Å². The lowest BCUT2D eigenvalue weighted by atomic mass is 9.95. The Morgan fingerprint density at radius 1 is 1.32 bits per heavy atom. The summed E-state index contributed by atoms with van der Waals surface area (Å²) in [4.78, 5) is 8.64. The molecule has 2 aromatic heterocycles. The van der Waals surface area contributed by atoms with Crippen LogP contribution in [0.15, 0.2) is 24.3 Å². The first-order valence-corrected chi connectivity index (χ1v) is 9.70. The molecule has 0 aliphatic carbocycles. The van der Waals surface area contributed by atoms with Crippen LogP contribution in [0.2, 0.25) is 0 Å². The number of nitrogens with zero attached hydrogens (tertiary/aromatic N) is 4. The Labute approximate surface area is 151 Å². The number of aromatic hydroxyl groups is 1. The molecular formula is C19H24N4OS. The minimum Gasteiger partial charge on any atom is -0.492 e. The Morgan fingerprint density at radius 2 is 2.16 bits per heavy atom. The van der Waals surface area contributed by atoms with E-state index in [0.29, 0.717) is 11.7 Å². The van der Waals surface area contributed by atoms with E-state index in [1.165, 1.54) is 24.0 Å². The maximum absolute atomic E-state index is 10.8. The van der Waals surface area contributed by atoms with E-state index in [-0.39, 0.29) is 11.9 Å². The van der Waals surface area contributed by atoms with Crippen LogP contribution in [0, 0.1) is 19.8 Å². The maximum Gasteiger partial charge on any atom is 0.230 e. The van der Waals surface area contributed by atoms with Crippen LogP contribution in [0.25, 0.3) is 4.96 Å². The van der Waals surface area contributed by atoms with Crippen molar-refractivity contribution >= 4 is 16.3 Å². The number of likely N-dealkylation sites (tertiary alicyclic amines) is 1. The predicted molar refractivity (Wildman–Crippen MR) is 100 cm³/mol. The molecule has 1 aliphatic heterocycles. The highest BCUT2D eigenvalue weighted by Gasteiger charge is 2.31. The maximum atomic E-state index is 10.8. The molecule has 0 amide bonds. The van der Waals surface area contributed by atoms with Crippen molar-refractivity contribution in [2.75, 3.05) is 13.1 Å². The van der Waals surface area contributed by atoms with Crippen molar-refractivity contribution in [2.45, 2.75) is 39.7 Å². The lowest BCUT2D eigenvalue weighted by molar-refractivity contribution is 0.149. The summed E-state index contributed by atoms with van der Waals surface area (Å²) in [6.07, 6.45) is 2.47. The first-order chi connectivity index (χ1) is 12.0. The summed E-state index contributed by atoms with van der Waals surface area (Å²) in [6.45, 7) is 8.37. The van der Waals surface area contributed by atoms with Gasteiger partial charge in [0, 0.05) is 6.54 Å². The molecule has 132 valence electrons. The number of thiazole rings is 1. The standard InChI is InChI=1S/C19H24N4OS/c1-12-6-4-8-15(10-12)16(22-9-5-7-13(2)11-22)17-18(24)23-19(25-17)20-14(3)21-23/h4,6,8,10,13,16,24H,5,7,9,11H2,1-3H3/t13-,16+/m1/s1. The summed E-state index contributed by atoms with van der Waals surface area (Å²) >= 11 is 1.55. The third-order valence-electron chi connectivity index (χ3n) is 4.97. The zero-order valence-corrected chi connectivity index (χ0v) is 15.8. The number of fused-ring (bicyclic) bond motifs is 1. The molecule has 0 bridgehead atoms. The lowest BCUT2D eigenvalue weighted by Gasteiger charge is -2.37. The highest BCUT2D eigenvalue weighted by molar-refractivity contribution is 7.17. The van der Waals surface area contributed by atoms with Gasteiger partial charge in [-0.3, -0.25) is 4.90 Å². The molecule has 25 heavy (non-hydrogen) atoms. The van der Waals surface area contributed by atoms with Gasteiger partial charge < -0.3 is 5.11 Å². The number of rotatable bonds is 3. The first kappa shape index (κ1) is 16.5. The molecule has 1 saturated heterocycles. The van der Waals surface area contributed by atoms with Crippen molar-refractivity contribution in [1.29, 1.82) is 0 Å². The van der Waals surface area contributed by atoms with Crippen molar-refractivity contribution < 1.29 is 5.11 Å². The SMILES string of the molecule is Cc1cccc([C@@H](c2sc3nc(C)nn3c2O)N2CCC[C@@H](C)C2)c1. The Bertz CT molecular complexity index is 900. The highest BCUT2D eigenvalue weighted by atomic mass is 32.1. The zero-order chi connectivity index (χ0) is 17.6. The fraction of sp³-hybridized carbons (Fsp3) is 0.474. The summed E-state index contributed by atoms with van der Waals surface area (Å²) < 4.78 is 1.57. The number of aromatic nitrogens is 3. The van der Waals surface area contributed by atoms with E-state index in [9.17, 15) is 5.11 Å². The Balaban J connectivity index is 1.83. The average Bonchev–Trinajstić information content (AvgIpc) is 3.06. The van der Waals surface area contributed by atoms with Gasteiger partial charge in [-0.05, 0) is 44.7 Å². The van der Waals surface area contributed by atoms with Gasteiger partial charge in [0.2, 0.25) is 10.8 Å². The predicted octanol–water partition coefficient (Wildman–Crippen LogP) is 3.93. The topological polar surface area (TPSA) is 53.7 Å². The largest absolute Gasteiger partial charge is 0.492 e. The molecule has 1 aliphatic rings. The zero-order valence-electron chi connectivity index (χ0n) is 14.9. The number of hydrogen-bond acceptors (Lipinski definition) is 5. The lowest BCUT2D eigenvalue weighted by Crippen LogP contribution is -2.37. The number of hydrogen-bond donors (Lipinski definition) is 1. The van der Waals surface area contributed by atoms with Crippen LogP contribution in [0.1, 0.15) is 47.6 Å². The van der Waals surface area contributed by atoms with Crippen LogP contribution in [-0.4, -0.2) is 37.7 Å². The summed E-state index contributed by atoms with van der Waals surface area (Å²) in [5, 5.41) is 15.2. The molecule has 3 aromatic rings. The van der Waals surface area contributed by atoms with Gasteiger partial charge in [-0.1, -0.05) is 48.1 Å². The number of aryl methyl sites for hydroxylation is 2. The van der Waals surface area contributed by atoms with Crippen molar-refractivity contribution in [3.8, 4) is 5.88 Å². The normalized spacial score (nSPS) is 20.2. The molecule has 6 heteroatoms. The van der Waals surface area contributed by atoms with Crippen molar-refractivity contribution in [2.24, 2.45) is 5.92 Å². The first-order valence-electron chi connectivity index (χ1n) is 8.88. The van der Waals surface area contributed by atoms with E-state index in [2.05, 4.69) is 53.1 Å². The molecule has 3 heterocycles. The quantitative estimate of drug-likeness (QED) is 0.772. The second-order valence-corrected chi connectivity index (χ2v) is 8.21. The second kappa shape index (κ2) is 6.42. The third kappa shape index (κ3) is 3.04. The molecular weight excluding hydrogens is 332 g/mol. The summed E-state index contributed by atoms with van der Waals surface area (Å²) in [7, 11) is 0. The van der Waals surface area contributed by atoms with E-state index in [0.717, 1.165) is 22.9 Å². The van der Waals surface area contributed by atoms with E-state index in [1.807, 2.05) is 6.92 Å². The third-order valence-corrected chi connectivity index (χ3v) is 6.04. The van der Waals surface area contributed by atoms with E-state index >= 15 is 0 Å². The number of piperidine rings is 1. The molecule has 1 aromatic carbocycles. The monoisotopic (exact) mass is 356 g/mol. The second-order valence-electron chi connectivity index (χ2n) is 7.20. The minimum atomic E-state index is 0.0523. The van der Waals surface area contributed by atoms with E-state index < -0.39 is 0 Å². The fourth-order valence-electron chi connectivity index (χ4n) is 3.85. The van der Waals surface area contributed by atoms with Gasteiger partial charge in [0.1, 0.15) is 5.82 Å². The summed E-state index contributed by atoms with van der Waals surface area (Å²) in [5.41, 5.74) is 2.47. The molecule has 0 radical (unpaired) electrons. The molecule has 0 unspecified atom stereocenters. The van der Waals surface area contributed by atoms with Crippen LogP contribution in [0.3, 0.4) is 0 Å². The van der Waals surface area contributed by atoms with Crippen LogP contribution in [0.4, 0.5) is 0 Å². The molecule has 0 spiro atoms. The smallest absolute Gasteiger partial charge is 0.230 e. The van der Waals surface area contributed by atoms with Gasteiger partial charge in [-0.25, -0.2) is 4.98 Å². The molecule has 2 atom stereocenters. The van der Waals surface area contributed by atoms with Crippen molar-refractivity contribution in [1.82, 2.24) is 19.5 Å². The molecule has 5 nitrogen and oxygen atoms in total. The Morgan fingerprint density at radius 3 is 2.88 bits per heavy atom. The van der Waals surface area contributed by atoms with Gasteiger partial charge in [-0.15, -0.1) is 5.10 Å². The number of benzene rings is 1. The summed E-state index contributed by atoms with van der Waals surface area (Å²) in [6, 6.07) is 8.66.